The summed E-state index contributed by atoms with van der Waals surface area (Å²) in [7, 11) is 0. The zero-order chi connectivity index (χ0) is 16.7. The Morgan fingerprint density at radius 2 is 2.04 bits per heavy atom. The monoisotopic (exact) mass is 339 g/mol. The zero-order valence-electron chi connectivity index (χ0n) is 13.7. The first-order valence-electron chi connectivity index (χ1n) is 8.23. The maximum absolute atomic E-state index is 12.4. The summed E-state index contributed by atoms with van der Waals surface area (Å²) in [6, 6.07) is 2.31. The van der Waals surface area contributed by atoms with Gasteiger partial charge in [0.25, 0.3) is 0 Å². The van der Waals surface area contributed by atoms with Crippen LogP contribution in [-0.4, -0.2) is 72.0 Å². The van der Waals surface area contributed by atoms with E-state index in [0.717, 1.165) is 0 Å². The highest BCUT2D eigenvalue weighted by Gasteiger charge is 2.34. The number of nitriles is 1. The number of amides is 2. The molecule has 2 rings (SSSR count). The van der Waals surface area contributed by atoms with Gasteiger partial charge in [0.15, 0.2) is 0 Å². The number of carbonyl (C=O) groups excluding carboxylic acids is 2. The van der Waals surface area contributed by atoms with Crippen molar-refractivity contribution in [3.05, 3.63) is 0 Å². The minimum Gasteiger partial charge on any atom is -0.378 e. The quantitative estimate of drug-likeness (QED) is 0.662. The average Bonchev–Trinajstić information content (AvgIpc) is 3.40. The molecule has 0 unspecified atom stereocenters. The predicted octanol–water partition coefficient (Wildman–Crippen LogP) is 1.12. The summed E-state index contributed by atoms with van der Waals surface area (Å²) in [6.45, 7) is 5.02. The molecule has 2 aliphatic rings. The smallest absolute Gasteiger partial charge is 0.232 e. The molecule has 1 aliphatic heterocycles. The van der Waals surface area contributed by atoms with E-state index in [-0.39, 0.29) is 17.9 Å². The number of ether oxygens (including phenoxy) is 1. The molecule has 1 saturated heterocycles. The fourth-order valence-corrected chi connectivity index (χ4v) is 3.57. The van der Waals surface area contributed by atoms with Crippen LogP contribution >= 0.6 is 11.8 Å². The van der Waals surface area contributed by atoms with Gasteiger partial charge in [-0.2, -0.15) is 5.26 Å². The highest BCUT2D eigenvalue weighted by atomic mass is 32.2. The van der Waals surface area contributed by atoms with E-state index in [9.17, 15) is 9.59 Å². The SMILES string of the molecule is C[C@H](C1CC1)N(CCC#N)C(=O)CSCC(=O)N1CCOCC1. The van der Waals surface area contributed by atoms with Gasteiger partial charge in [-0.1, -0.05) is 0 Å². The van der Waals surface area contributed by atoms with Crippen LogP contribution in [0, 0.1) is 17.2 Å². The molecule has 0 N–H and O–H groups in total. The molecule has 0 aromatic heterocycles. The lowest BCUT2D eigenvalue weighted by Gasteiger charge is -2.29. The molecule has 1 atom stereocenters. The molecule has 0 spiro atoms. The summed E-state index contributed by atoms with van der Waals surface area (Å²) >= 11 is 1.37. The molecule has 0 bridgehead atoms. The Bertz CT molecular complexity index is 456. The number of thioether (sulfide) groups is 1. The molecular weight excluding hydrogens is 314 g/mol. The Labute approximate surface area is 142 Å². The van der Waals surface area contributed by atoms with Gasteiger partial charge in [0.2, 0.25) is 11.8 Å². The molecule has 128 valence electrons. The van der Waals surface area contributed by atoms with Crippen molar-refractivity contribution >= 4 is 23.6 Å². The van der Waals surface area contributed by atoms with E-state index >= 15 is 0 Å². The van der Waals surface area contributed by atoms with Crippen LogP contribution in [0.25, 0.3) is 0 Å². The second-order valence-electron chi connectivity index (χ2n) is 6.06. The van der Waals surface area contributed by atoms with Crippen LogP contribution in [0.4, 0.5) is 0 Å². The van der Waals surface area contributed by atoms with Gasteiger partial charge in [0.1, 0.15) is 0 Å². The standard InChI is InChI=1S/C16H25N3O3S/c1-13(14-3-4-14)19(6-2-5-17)16(21)12-23-11-15(20)18-7-9-22-10-8-18/h13-14H,2-4,6-12H2,1H3/t13-/m1/s1. The van der Waals surface area contributed by atoms with E-state index < -0.39 is 0 Å². The molecule has 1 heterocycles. The van der Waals surface area contributed by atoms with Crippen molar-refractivity contribution in [1.82, 2.24) is 9.80 Å². The second-order valence-corrected chi connectivity index (χ2v) is 7.04. The molecule has 0 aromatic rings. The molecule has 2 fully saturated rings. The van der Waals surface area contributed by atoms with Crippen molar-refractivity contribution in [3.8, 4) is 6.07 Å². The van der Waals surface area contributed by atoms with Crippen LogP contribution in [0.3, 0.4) is 0 Å². The molecule has 2 amide bonds. The van der Waals surface area contributed by atoms with Crippen LogP contribution < -0.4 is 0 Å². The fraction of sp³-hybridized carbons (Fsp3) is 0.812. The van der Waals surface area contributed by atoms with Gasteiger partial charge in [-0.3, -0.25) is 9.59 Å². The lowest BCUT2D eigenvalue weighted by atomic mass is 10.1. The van der Waals surface area contributed by atoms with Crippen LogP contribution in [-0.2, 0) is 14.3 Å². The second kappa shape index (κ2) is 9.14. The number of rotatable bonds is 8. The van der Waals surface area contributed by atoms with Crippen molar-refractivity contribution in [2.75, 3.05) is 44.4 Å². The molecule has 0 aromatic carbocycles. The van der Waals surface area contributed by atoms with Crippen molar-refractivity contribution in [3.63, 3.8) is 0 Å². The zero-order valence-corrected chi connectivity index (χ0v) is 14.5. The summed E-state index contributed by atoms with van der Waals surface area (Å²) in [5.74, 6) is 1.33. The fourth-order valence-electron chi connectivity index (χ4n) is 2.77. The number of hydrogen-bond acceptors (Lipinski definition) is 5. The van der Waals surface area contributed by atoms with Crippen molar-refractivity contribution < 1.29 is 14.3 Å². The largest absolute Gasteiger partial charge is 0.378 e. The lowest BCUT2D eigenvalue weighted by molar-refractivity contribution is -0.132. The third-order valence-corrected chi connectivity index (χ3v) is 5.30. The summed E-state index contributed by atoms with van der Waals surface area (Å²) in [5.41, 5.74) is 0. The van der Waals surface area contributed by atoms with E-state index in [4.69, 9.17) is 10.00 Å². The molecule has 1 saturated carbocycles. The van der Waals surface area contributed by atoms with Gasteiger partial charge < -0.3 is 14.5 Å². The summed E-state index contributed by atoms with van der Waals surface area (Å²) < 4.78 is 5.23. The number of hydrogen-bond donors (Lipinski definition) is 0. The minimum atomic E-state index is 0.0411. The maximum atomic E-state index is 12.4. The Kier molecular flexibility index (Phi) is 7.18. The van der Waals surface area contributed by atoms with Crippen LogP contribution in [0.15, 0.2) is 0 Å². The molecular formula is C16H25N3O3S. The highest BCUT2D eigenvalue weighted by Crippen LogP contribution is 2.35. The highest BCUT2D eigenvalue weighted by molar-refractivity contribution is 8.00. The maximum Gasteiger partial charge on any atom is 0.232 e. The number of carbonyl (C=O) groups is 2. The summed E-state index contributed by atoms with van der Waals surface area (Å²) in [6.07, 6.45) is 2.69. The molecule has 7 heteroatoms. The number of nitrogens with zero attached hydrogens (tertiary/aromatic N) is 3. The van der Waals surface area contributed by atoms with Gasteiger partial charge in [0.05, 0.1) is 37.2 Å². The topological polar surface area (TPSA) is 73.6 Å². The van der Waals surface area contributed by atoms with Crippen LogP contribution in [0.1, 0.15) is 26.2 Å². The summed E-state index contributed by atoms with van der Waals surface area (Å²) in [5, 5.41) is 8.77. The van der Waals surface area contributed by atoms with Crippen molar-refractivity contribution in [1.29, 1.82) is 5.26 Å². The Morgan fingerprint density at radius 3 is 2.65 bits per heavy atom. The Morgan fingerprint density at radius 1 is 1.35 bits per heavy atom. The Balaban J connectivity index is 1.74. The number of morpholine rings is 1. The van der Waals surface area contributed by atoms with Gasteiger partial charge >= 0.3 is 0 Å². The van der Waals surface area contributed by atoms with Crippen molar-refractivity contribution in [2.24, 2.45) is 5.92 Å². The van der Waals surface area contributed by atoms with E-state index in [1.807, 2.05) is 4.90 Å². The van der Waals surface area contributed by atoms with Gasteiger partial charge in [-0.05, 0) is 25.7 Å². The van der Waals surface area contributed by atoms with Gasteiger partial charge in [0, 0.05) is 25.7 Å². The lowest BCUT2D eigenvalue weighted by Crippen LogP contribution is -2.43. The van der Waals surface area contributed by atoms with Gasteiger partial charge in [-0.15, -0.1) is 11.8 Å². The first-order valence-corrected chi connectivity index (χ1v) is 9.38. The van der Waals surface area contributed by atoms with Crippen LogP contribution in [0.2, 0.25) is 0 Å². The van der Waals surface area contributed by atoms with Gasteiger partial charge in [-0.25, -0.2) is 0 Å². The first-order chi connectivity index (χ1) is 11.1. The van der Waals surface area contributed by atoms with E-state index in [1.165, 1.54) is 24.6 Å². The molecule has 0 radical (unpaired) electrons. The molecule has 6 nitrogen and oxygen atoms in total. The predicted molar refractivity (Wildman–Crippen MR) is 88.9 cm³/mol. The molecule has 23 heavy (non-hydrogen) atoms. The average molecular weight is 339 g/mol. The minimum absolute atomic E-state index is 0.0411. The molecule has 1 aliphatic carbocycles. The van der Waals surface area contributed by atoms with Crippen molar-refractivity contribution in [2.45, 2.75) is 32.2 Å². The third kappa shape index (κ3) is 5.70. The van der Waals surface area contributed by atoms with E-state index in [0.29, 0.717) is 56.7 Å². The normalized spacial score (nSPS) is 19.0. The van der Waals surface area contributed by atoms with E-state index in [2.05, 4.69) is 13.0 Å². The van der Waals surface area contributed by atoms with Crippen LogP contribution in [0.5, 0.6) is 0 Å². The van der Waals surface area contributed by atoms with E-state index in [1.54, 1.807) is 4.90 Å². The third-order valence-electron chi connectivity index (χ3n) is 4.40. The first kappa shape index (κ1) is 18.1. The Hall–Kier alpha value is -1.26. The summed E-state index contributed by atoms with van der Waals surface area (Å²) in [4.78, 5) is 28.1.